The summed E-state index contributed by atoms with van der Waals surface area (Å²) in [4.78, 5) is 41.3. The molecule has 2 amide bonds. The zero-order chi connectivity index (χ0) is 29.8. The van der Waals surface area contributed by atoms with Crippen molar-refractivity contribution in [1.29, 1.82) is 0 Å². The Kier molecular flexibility index (Phi) is 6.60. The summed E-state index contributed by atoms with van der Waals surface area (Å²) in [6.07, 6.45) is 1.14. The molecule has 1 saturated heterocycles. The molecular weight excluding hydrogens is 542 g/mol. The van der Waals surface area contributed by atoms with Gasteiger partial charge < -0.3 is 46.9 Å². The molecule has 0 aliphatic carbocycles. The molecule has 6 rings (SSSR count). The van der Waals surface area contributed by atoms with Crippen molar-refractivity contribution in [2.75, 3.05) is 26.8 Å². The first-order valence-electron chi connectivity index (χ1n) is 13.8. The van der Waals surface area contributed by atoms with Gasteiger partial charge in [-0.2, -0.15) is 0 Å². The Hall–Kier alpha value is -4.59. The molecule has 1 aromatic carbocycles. The highest BCUT2D eigenvalue weighted by Gasteiger charge is 2.65. The standard InChI is InChI=1S/C28H35N9O5/c1-27(2)8-10-42-20-15(5-4-6-16(20)27)23(39)33-19-13-37-26(30)34-18(21-28(37,22(19)38)36-25(29)35-21)12-32-24(40)17-11-14(41-3)7-9-31-17/h4-7,9,11,18-19,21-22,38H,8,10,12-13H2,1-3H3,(H2,30,34)(H,32,40)(H,33,39)(H3,29,35,36)/t18-,19?,21-,22+,28-/m0/s1. The molecule has 2 aromatic rings. The van der Waals surface area contributed by atoms with Crippen LogP contribution < -0.4 is 36.9 Å². The third-order valence-electron chi connectivity index (χ3n) is 8.60. The predicted octanol–water partition coefficient (Wildman–Crippen LogP) is -0.965. The number of carbonyl (C=O) groups excluding carboxylic acids is 2. The van der Waals surface area contributed by atoms with Crippen LogP contribution in [0.2, 0.25) is 0 Å². The van der Waals surface area contributed by atoms with Gasteiger partial charge in [0, 0.05) is 30.9 Å². The number of aliphatic hydroxyl groups is 1. The zero-order valence-electron chi connectivity index (χ0n) is 23.6. The molecular formula is C28H35N9O5. The van der Waals surface area contributed by atoms with Crippen molar-refractivity contribution in [3.8, 4) is 11.5 Å². The van der Waals surface area contributed by atoms with Gasteiger partial charge in [0.2, 0.25) is 0 Å². The molecule has 1 fully saturated rings. The lowest BCUT2D eigenvalue weighted by molar-refractivity contribution is 0.0143. The number of rotatable bonds is 6. The van der Waals surface area contributed by atoms with E-state index in [1.807, 2.05) is 12.1 Å². The van der Waals surface area contributed by atoms with E-state index in [0.717, 1.165) is 12.0 Å². The lowest BCUT2D eigenvalue weighted by Crippen LogP contribution is -2.73. The smallest absolute Gasteiger partial charge is 0.270 e. The van der Waals surface area contributed by atoms with E-state index in [4.69, 9.17) is 20.9 Å². The molecule has 5 heterocycles. The van der Waals surface area contributed by atoms with Crippen LogP contribution in [0.5, 0.6) is 11.5 Å². The van der Waals surface area contributed by atoms with E-state index < -0.39 is 35.8 Å². The lowest BCUT2D eigenvalue weighted by Gasteiger charge is -2.46. The molecule has 14 heteroatoms. The number of benzene rings is 1. The third kappa shape index (κ3) is 4.33. The number of amides is 2. The quantitative estimate of drug-likeness (QED) is 0.248. The number of fused-ring (bicyclic) bond motifs is 1. The van der Waals surface area contributed by atoms with Crippen LogP contribution in [0.25, 0.3) is 0 Å². The molecule has 8 N–H and O–H groups in total. The maximum Gasteiger partial charge on any atom is 0.270 e. The molecule has 0 bridgehead atoms. The Balaban J connectivity index is 1.22. The molecule has 0 saturated carbocycles. The maximum absolute atomic E-state index is 13.6. The number of ether oxygens (including phenoxy) is 2. The van der Waals surface area contributed by atoms with E-state index in [1.54, 1.807) is 17.0 Å². The number of hydrogen-bond acceptors (Lipinski definition) is 12. The summed E-state index contributed by atoms with van der Waals surface area (Å²) < 4.78 is 11.1. The van der Waals surface area contributed by atoms with Crippen molar-refractivity contribution >= 4 is 23.7 Å². The number of nitrogens with one attached hydrogen (secondary N) is 3. The van der Waals surface area contributed by atoms with Gasteiger partial charge >= 0.3 is 0 Å². The maximum atomic E-state index is 13.6. The fourth-order valence-electron chi connectivity index (χ4n) is 6.35. The summed E-state index contributed by atoms with van der Waals surface area (Å²) in [5.74, 6) is 0.464. The summed E-state index contributed by atoms with van der Waals surface area (Å²) in [6.45, 7) is 4.96. The molecule has 1 unspecified atom stereocenters. The Bertz CT molecular complexity index is 1490. The molecule has 4 aliphatic rings. The van der Waals surface area contributed by atoms with Crippen LogP contribution in [0.1, 0.15) is 46.7 Å². The Morgan fingerprint density at radius 2 is 2.05 bits per heavy atom. The minimum absolute atomic E-state index is 0.0458. The van der Waals surface area contributed by atoms with Gasteiger partial charge in [-0.25, -0.2) is 9.98 Å². The van der Waals surface area contributed by atoms with Crippen molar-refractivity contribution in [2.45, 2.75) is 55.6 Å². The second kappa shape index (κ2) is 10.0. The average molecular weight is 578 g/mol. The van der Waals surface area contributed by atoms with Gasteiger partial charge in [-0.1, -0.05) is 26.0 Å². The number of nitrogens with two attached hydrogens (primary N) is 2. The number of hydrogen-bond donors (Lipinski definition) is 6. The Morgan fingerprint density at radius 1 is 1.24 bits per heavy atom. The summed E-state index contributed by atoms with van der Waals surface area (Å²) in [6, 6.07) is 6.57. The summed E-state index contributed by atoms with van der Waals surface area (Å²) >= 11 is 0. The highest BCUT2D eigenvalue weighted by atomic mass is 16.5. The number of aromatic nitrogens is 1. The first kappa shape index (κ1) is 27.6. The van der Waals surface area contributed by atoms with Crippen molar-refractivity contribution in [2.24, 2.45) is 21.5 Å². The van der Waals surface area contributed by atoms with Gasteiger partial charge in [-0.15, -0.1) is 0 Å². The van der Waals surface area contributed by atoms with Crippen molar-refractivity contribution < 1.29 is 24.2 Å². The Labute approximate surface area is 242 Å². The number of methoxy groups -OCH3 is 1. The van der Waals surface area contributed by atoms with E-state index in [9.17, 15) is 14.7 Å². The van der Waals surface area contributed by atoms with Crippen LogP contribution in [0.15, 0.2) is 46.5 Å². The number of aliphatic hydroxyl groups excluding tert-OH is 1. The fraction of sp³-hybridized carbons (Fsp3) is 0.464. The van der Waals surface area contributed by atoms with Crippen LogP contribution in [0, 0.1) is 0 Å². The van der Waals surface area contributed by atoms with E-state index >= 15 is 0 Å². The van der Waals surface area contributed by atoms with Crippen molar-refractivity contribution in [3.63, 3.8) is 0 Å². The number of carbonyl (C=O) groups is 2. The van der Waals surface area contributed by atoms with Crippen molar-refractivity contribution in [3.05, 3.63) is 53.3 Å². The Morgan fingerprint density at radius 3 is 2.83 bits per heavy atom. The SMILES string of the molecule is COc1ccnc(C(=O)NC[C@@H]2N=C(N)N3CC(NC(=O)c4cccc5c4OCCC5(C)C)[C@@H](O)[C@@]34NC(N)=N[C@@H]24)c1. The normalized spacial score (nSPS) is 28.6. The van der Waals surface area contributed by atoms with Crippen LogP contribution in [0.4, 0.5) is 0 Å². The van der Waals surface area contributed by atoms with Gasteiger partial charge in [0.15, 0.2) is 17.6 Å². The van der Waals surface area contributed by atoms with E-state index in [1.165, 1.54) is 19.4 Å². The monoisotopic (exact) mass is 577 g/mol. The first-order valence-corrected chi connectivity index (χ1v) is 13.8. The molecule has 1 aromatic heterocycles. The fourth-order valence-corrected chi connectivity index (χ4v) is 6.35. The number of nitrogens with zero attached hydrogens (tertiary/aromatic N) is 4. The molecule has 5 atom stereocenters. The number of aliphatic imine (C=N–C) groups is 2. The molecule has 222 valence electrons. The molecule has 4 aliphatic heterocycles. The van der Waals surface area contributed by atoms with Gasteiger partial charge in [-0.05, 0) is 24.0 Å². The van der Waals surface area contributed by atoms with Crippen molar-refractivity contribution in [1.82, 2.24) is 25.8 Å². The average Bonchev–Trinajstić information content (AvgIpc) is 3.47. The molecule has 1 spiro atoms. The number of pyridine rings is 1. The highest BCUT2D eigenvalue weighted by molar-refractivity contribution is 5.98. The number of para-hydroxylation sites is 1. The van der Waals surface area contributed by atoms with E-state index in [-0.39, 0.29) is 42.0 Å². The second-order valence-corrected chi connectivity index (χ2v) is 11.6. The van der Waals surface area contributed by atoms with Crippen LogP contribution in [0.3, 0.4) is 0 Å². The molecule has 42 heavy (non-hydrogen) atoms. The van der Waals surface area contributed by atoms with Gasteiger partial charge in [0.05, 0.1) is 31.4 Å². The molecule has 0 radical (unpaired) electrons. The van der Waals surface area contributed by atoms with Gasteiger partial charge in [-0.3, -0.25) is 14.6 Å². The minimum Gasteiger partial charge on any atom is -0.497 e. The highest BCUT2D eigenvalue weighted by Crippen LogP contribution is 2.42. The van der Waals surface area contributed by atoms with Crippen LogP contribution >= 0.6 is 0 Å². The predicted molar refractivity (Wildman–Crippen MR) is 153 cm³/mol. The van der Waals surface area contributed by atoms with E-state index in [2.05, 4.69) is 44.8 Å². The summed E-state index contributed by atoms with van der Waals surface area (Å²) in [7, 11) is 1.50. The zero-order valence-corrected chi connectivity index (χ0v) is 23.6. The molecule has 14 nitrogen and oxygen atoms in total. The van der Waals surface area contributed by atoms with E-state index in [0.29, 0.717) is 23.7 Å². The second-order valence-electron chi connectivity index (χ2n) is 11.6. The van der Waals surface area contributed by atoms with Gasteiger partial charge in [0.25, 0.3) is 11.8 Å². The largest absolute Gasteiger partial charge is 0.497 e. The number of guanidine groups is 2. The van der Waals surface area contributed by atoms with Crippen LogP contribution in [-0.4, -0.2) is 95.4 Å². The van der Waals surface area contributed by atoms with Gasteiger partial charge in [0.1, 0.15) is 29.3 Å². The summed E-state index contributed by atoms with van der Waals surface area (Å²) in [5.41, 5.74) is 12.7. The lowest BCUT2D eigenvalue weighted by atomic mass is 9.79. The van der Waals surface area contributed by atoms with Crippen LogP contribution in [-0.2, 0) is 5.41 Å². The third-order valence-corrected chi connectivity index (χ3v) is 8.60. The summed E-state index contributed by atoms with van der Waals surface area (Å²) in [5, 5.41) is 20.6. The first-order chi connectivity index (χ1) is 20.0. The minimum atomic E-state index is -1.27. The topological polar surface area (TPSA) is 202 Å².